The van der Waals surface area contributed by atoms with Crippen LogP contribution in [-0.4, -0.2) is 34.1 Å². The first-order valence-electron chi connectivity index (χ1n) is 8.45. The minimum atomic E-state index is -0.387. The highest BCUT2D eigenvalue weighted by Crippen LogP contribution is 2.16. The first-order chi connectivity index (χ1) is 12.0. The molecule has 1 atom stereocenters. The van der Waals surface area contributed by atoms with Gasteiger partial charge in [0.25, 0.3) is 0 Å². The molecule has 0 aliphatic heterocycles. The molecule has 1 aromatic heterocycles. The molecule has 0 fully saturated rings. The molecule has 2 rings (SSSR count). The van der Waals surface area contributed by atoms with Gasteiger partial charge in [0.2, 0.25) is 0 Å². The predicted octanol–water partition coefficient (Wildman–Crippen LogP) is 3.18. The summed E-state index contributed by atoms with van der Waals surface area (Å²) in [6.45, 7) is 4.82. The fourth-order valence-corrected chi connectivity index (χ4v) is 2.72. The summed E-state index contributed by atoms with van der Waals surface area (Å²) in [5, 5.41) is 18.7. The number of hydrogen-bond donors (Lipinski definition) is 3. The number of amides is 2. The lowest BCUT2D eigenvalue weighted by Gasteiger charge is -2.18. The number of hydrogen-bond acceptors (Lipinski definition) is 3. The molecular formula is C18H25FN4O2. The van der Waals surface area contributed by atoms with Gasteiger partial charge in [-0.2, -0.15) is 5.10 Å². The number of urea groups is 1. The van der Waals surface area contributed by atoms with Gasteiger partial charge in [0.15, 0.2) is 0 Å². The summed E-state index contributed by atoms with van der Waals surface area (Å²) in [4.78, 5) is 12.0. The zero-order valence-corrected chi connectivity index (χ0v) is 14.6. The highest BCUT2D eigenvalue weighted by Gasteiger charge is 2.13. The highest BCUT2D eigenvalue weighted by molar-refractivity contribution is 5.88. The van der Waals surface area contributed by atoms with Gasteiger partial charge in [-0.1, -0.05) is 26.0 Å². The molecule has 1 aromatic carbocycles. The monoisotopic (exact) mass is 348 g/mol. The van der Waals surface area contributed by atoms with Gasteiger partial charge in [-0.05, 0) is 36.8 Å². The van der Waals surface area contributed by atoms with Crippen molar-refractivity contribution in [3.05, 3.63) is 42.5 Å². The molecule has 0 spiro atoms. The van der Waals surface area contributed by atoms with Crippen molar-refractivity contribution in [1.82, 2.24) is 15.1 Å². The van der Waals surface area contributed by atoms with E-state index in [4.69, 9.17) is 5.11 Å². The molecule has 2 amide bonds. The summed E-state index contributed by atoms with van der Waals surface area (Å²) in [6, 6.07) is 5.94. The van der Waals surface area contributed by atoms with E-state index in [-0.39, 0.29) is 24.4 Å². The van der Waals surface area contributed by atoms with Crippen LogP contribution in [0.2, 0.25) is 0 Å². The lowest BCUT2D eigenvalue weighted by Crippen LogP contribution is -2.33. The van der Waals surface area contributed by atoms with Crippen LogP contribution < -0.4 is 10.6 Å². The Balaban J connectivity index is 1.90. The lowest BCUT2D eigenvalue weighted by atomic mass is 9.94. The minimum absolute atomic E-state index is 0.107. The van der Waals surface area contributed by atoms with E-state index in [1.165, 1.54) is 16.9 Å². The van der Waals surface area contributed by atoms with E-state index in [1.54, 1.807) is 24.4 Å². The number of anilines is 1. The molecule has 0 saturated heterocycles. The van der Waals surface area contributed by atoms with Crippen molar-refractivity contribution in [2.75, 3.05) is 18.5 Å². The summed E-state index contributed by atoms with van der Waals surface area (Å²) in [6.07, 6.45) is 4.61. The molecule has 0 radical (unpaired) electrons. The summed E-state index contributed by atoms with van der Waals surface area (Å²) in [5.41, 5.74) is 0.791. The second-order valence-electron chi connectivity index (χ2n) is 6.47. The summed E-state index contributed by atoms with van der Waals surface area (Å²) < 4.78 is 15.1. The summed E-state index contributed by atoms with van der Waals surface area (Å²) in [5.74, 6) is 0.347. The molecule has 0 bridgehead atoms. The van der Waals surface area contributed by atoms with E-state index in [0.29, 0.717) is 30.3 Å². The Bertz CT molecular complexity index is 687. The average Bonchev–Trinajstić information content (AvgIpc) is 3.01. The highest BCUT2D eigenvalue weighted by atomic mass is 19.1. The number of rotatable bonds is 8. The van der Waals surface area contributed by atoms with Crippen LogP contribution in [0.25, 0.3) is 5.69 Å². The van der Waals surface area contributed by atoms with E-state index in [0.717, 1.165) is 6.42 Å². The smallest absolute Gasteiger partial charge is 0.319 e. The molecule has 6 nitrogen and oxygen atoms in total. The fourth-order valence-electron chi connectivity index (χ4n) is 2.72. The molecule has 0 saturated carbocycles. The predicted molar refractivity (Wildman–Crippen MR) is 95.2 cm³/mol. The second-order valence-corrected chi connectivity index (χ2v) is 6.47. The SMILES string of the molecule is CC(C)CC(CCO)CNC(=O)Nc1cnn(-c2ccccc2F)c1. The number of aliphatic hydroxyl groups excluding tert-OH is 1. The van der Waals surface area contributed by atoms with Crippen LogP contribution in [0, 0.1) is 17.7 Å². The van der Waals surface area contributed by atoms with Crippen molar-refractivity contribution in [3.63, 3.8) is 0 Å². The third-order valence-electron chi connectivity index (χ3n) is 3.83. The van der Waals surface area contributed by atoms with Crippen molar-refractivity contribution in [1.29, 1.82) is 0 Å². The number of benzene rings is 1. The van der Waals surface area contributed by atoms with Crippen LogP contribution in [-0.2, 0) is 0 Å². The van der Waals surface area contributed by atoms with Crippen molar-refractivity contribution in [3.8, 4) is 5.69 Å². The zero-order valence-electron chi connectivity index (χ0n) is 14.6. The summed E-state index contributed by atoms with van der Waals surface area (Å²) in [7, 11) is 0. The molecule has 0 aliphatic carbocycles. The number of nitrogens with zero attached hydrogens (tertiary/aromatic N) is 2. The Morgan fingerprint density at radius 3 is 2.80 bits per heavy atom. The van der Waals surface area contributed by atoms with E-state index in [9.17, 15) is 9.18 Å². The molecule has 2 aromatic rings. The average molecular weight is 348 g/mol. The van der Waals surface area contributed by atoms with E-state index in [2.05, 4.69) is 29.6 Å². The van der Waals surface area contributed by atoms with Crippen LogP contribution >= 0.6 is 0 Å². The molecule has 0 aliphatic rings. The molecule has 1 unspecified atom stereocenters. The number of carbonyl (C=O) groups is 1. The van der Waals surface area contributed by atoms with E-state index in [1.807, 2.05) is 0 Å². The van der Waals surface area contributed by atoms with Crippen LogP contribution in [0.5, 0.6) is 0 Å². The first kappa shape index (κ1) is 18.9. The van der Waals surface area contributed by atoms with Gasteiger partial charge in [-0.25, -0.2) is 13.9 Å². The number of aromatic nitrogens is 2. The Hall–Kier alpha value is -2.41. The van der Waals surface area contributed by atoms with Gasteiger partial charge in [0, 0.05) is 13.2 Å². The number of carbonyl (C=O) groups excluding carboxylic acids is 1. The number of para-hydroxylation sites is 1. The van der Waals surface area contributed by atoms with Crippen molar-refractivity contribution < 1.29 is 14.3 Å². The van der Waals surface area contributed by atoms with Crippen LogP contribution in [0.1, 0.15) is 26.7 Å². The molecular weight excluding hydrogens is 323 g/mol. The number of halogens is 1. The molecule has 25 heavy (non-hydrogen) atoms. The fraction of sp³-hybridized carbons (Fsp3) is 0.444. The molecule has 1 heterocycles. The Kier molecular flexibility index (Phi) is 6.94. The van der Waals surface area contributed by atoms with Crippen LogP contribution in [0.4, 0.5) is 14.9 Å². The largest absolute Gasteiger partial charge is 0.396 e. The Morgan fingerprint density at radius 1 is 1.36 bits per heavy atom. The first-order valence-corrected chi connectivity index (χ1v) is 8.45. The van der Waals surface area contributed by atoms with Crippen LogP contribution in [0.15, 0.2) is 36.7 Å². The van der Waals surface area contributed by atoms with Gasteiger partial charge in [-0.15, -0.1) is 0 Å². The van der Waals surface area contributed by atoms with Crippen molar-refractivity contribution in [2.24, 2.45) is 11.8 Å². The standard InChI is InChI=1S/C18H25FN4O2/c1-13(2)9-14(7-8-24)10-20-18(25)22-15-11-21-23(12-15)17-6-4-3-5-16(17)19/h3-6,11-14,24H,7-10H2,1-2H3,(H2,20,22,25). The maximum Gasteiger partial charge on any atom is 0.319 e. The maximum atomic E-state index is 13.8. The van der Waals surface area contributed by atoms with E-state index < -0.39 is 0 Å². The third kappa shape index (κ3) is 5.86. The maximum absolute atomic E-state index is 13.8. The van der Waals surface area contributed by atoms with Crippen molar-refractivity contribution >= 4 is 11.7 Å². The third-order valence-corrected chi connectivity index (χ3v) is 3.83. The van der Waals surface area contributed by atoms with Gasteiger partial charge < -0.3 is 15.7 Å². The Morgan fingerprint density at radius 2 is 2.12 bits per heavy atom. The molecule has 3 N–H and O–H groups in total. The molecule has 7 heteroatoms. The topological polar surface area (TPSA) is 79.2 Å². The quantitative estimate of drug-likeness (QED) is 0.685. The zero-order chi connectivity index (χ0) is 18.2. The van der Waals surface area contributed by atoms with Crippen LogP contribution in [0.3, 0.4) is 0 Å². The van der Waals surface area contributed by atoms with Gasteiger partial charge >= 0.3 is 6.03 Å². The Labute approximate surface area is 147 Å². The minimum Gasteiger partial charge on any atom is -0.396 e. The second kappa shape index (κ2) is 9.17. The van der Waals surface area contributed by atoms with Crippen molar-refractivity contribution in [2.45, 2.75) is 26.7 Å². The number of nitrogens with one attached hydrogen (secondary N) is 2. The normalized spacial score (nSPS) is 12.2. The van der Waals surface area contributed by atoms with Gasteiger partial charge in [0.1, 0.15) is 11.5 Å². The van der Waals surface area contributed by atoms with Gasteiger partial charge in [-0.3, -0.25) is 0 Å². The van der Waals surface area contributed by atoms with E-state index >= 15 is 0 Å². The lowest BCUT2D eigenvalue weighted by molar-refractivity contribution is 0.231. The number of aliphatic hydroxyl groups is 1. The summed E-state index contributed by atoms with van der Waals surface area (Å²) >= 11 is 0. The molecule has 136 valence electrons. The van der Waals surface area contributed by atoms with Gasteiger partial charge in [0.05, 0.1) is 18.1 Å².